The zero-order chi connectivity index (χ0) is 20.1. The number of rotatable bonds is 7. The summed E-state index contributed by atoms with van der Waals surface area (Å²) in [5.41, 5.74) is 2.63. The maximum absolute atomic E-state index is 12.4. The van der Waals surface area contributed by atoms with Crippen LogP contribution >= 0.6 is 0 Å². The van der Waals surface area contributed by atoms with Crippen LogP contribution in [-0.4, -0.2) is 30.2 Å². The van der Waals surface area contributed by atoms with Crippen molar-refractivity contribution in [3.8, 4) is 5.69 Å². The van der Waals surface area contributed by atoms with Gasteiger partial charge in [-0.3, -0.25) is 4.79 Å². The maximum atomic E-state index is 12.4. The number of aryl methyl sites for hydroxylation is 1. The third kappa shape index (κ3) is 4.85. The molecule has 1 atom stereocenters. The van der Waals surface area contributed by atoms with Crippen LogP contribution in [0.5, 0.6) is 0 Å². The summed E-state index contributed by atoms with van der Waals surface area (Å²) < 4.78 is 34.0. The SMILES string of the molecule is Cc1ccc(S(=O)(=O)N[C@@H](C)C(=O)OCc2ccc(-n3cccn3)cc2)cc1. The highest BCUT2D eigenvalue weighted by atomic mass is 32.2. The molecule has 0 aliphatic heterocycles. The van der Waals surface area contributed by atoms with Gasteiger partial charge in [0.15, 0.2) is 0 Å². The van der Waals surface area contributed by atoms with Crippen molar-refractivity contribution in [1.82, 2.24) is 14.5 Å². The number of esters is 1. The van der Waals surface area contributed by atoms with Crippen molar-refractivity contribution in [3.63, 3.8) is 0 Å². The van der Waals surface area contributed by atoms with Crippen molar-refractivity contribution >= 4 is 16.0 Å². The lowest BCUT2D eigenvalue weighted by Crippen LogP contribution is -2.39. The first-order valence-corrected chi connectivity index (χ1v) is 10.2. The molecule has 0 aliphatic carbocycles. The fourth-order valence-corrected chi connectivity index (χ4v) is 3.70. The number of ether oxygens (including phenoxy) is 1. The number of nitrogens with one attached hydrogen (secondary N) is 1. The molecule has 0 aliphatic rings. The van der Waals surface area contributed by atoms with Crippen molar-refractivity contribution < 1.29 is 17.9 Å². The van der Waals surface area contributed by atoms with Gasteiger partial charge in [-0.1, -0.05) is 29.8 Å². The van der Waals surface area contributed by atoms with Gasteiger partial charge in [0.1, 0.15) is 12.6 Å². The summed E-state index contributed by atoms with van der Waals surface area (Å²) in [7, 11) is -3.80. The van der Waals surface area contributed by atoms with Crippen LogP contribution in [0, 0.1) is 6.92 Å². The molecule has 3 rings (SSSR count). The summed E-state index contributed by atoms with van der Waals surface area (Å²) in [5.74, 6) is -0.646. The van der Waals surface area contributed by atoms with E-state index in [9.17, 15) is 13.2 Å². The van der Waals surface area contributed by atoms with Gasteiger partial charge in [-0.15, -0.1) is 0 Å². The van der Waals surface area contributed by atoms with Crippen molar-refractivity contribution in [3.05, 3.63) is 78.1 Å². The Morgan fingerprint density at radius 1 is 1.14 bits per heavy atom. The number of nitrogens with zero attached hydrogens (tertiary/aromatic N) is 2. The van der Waals surface area contributed by atoms with E-state index < -0.39 is 22.0 Å². The monoisotopic (exact) mass is 399 g/mol. The Morgan fingerprint density at radius 3 is 2.43 bits per heavy atom. The highest BCUT2D eigenvalue weighted by Gasteiger charge is 2.23. The zero-order valence-electron chi connectivity index (χ0n) is 15.6. The van der Waals surface area contributed by atoms with E-state index in [-0.39, 0.29) is 11.5 Å². The van der Waals surface area contributed by atoms with Crippen molar-refractivity contribution in [1.29, 1.82) is 0 Å². The highest BCUT2D eigenvalue weighted by molar-refractivity contribution is 7.89. The molecular formula is C20H21N3O4S. The number of hydrogen-bond acceptors (Lipinski definition) is 5. The second-order valence-corrected chi connectivity index (χ2v) is 8.09. The summed E-state index contributed by atoms with van der Waals surface area (Å²) in [6.07, 6.45) is 3.52. The molecule has 3 aromatic rings. The van der Waals surface area contributed by atoms with Crippen LogP contribution in [0.25, 0.3) is 5.69 Å². The van der Waals surface area contributed by atoms with Gasteiger partial charge in [-0.25, -0.2) is 13.1 Å². The number of aromatic nitrogens is 2. The van der Waals surface area contributed by atoms with Crippen molar-refractivity contribution in [2.24, 2.45) is 0 Å². The predicted molar refractivity (Wildman–Crippen MR) is 104 cm³/mol. The molecule has 28 heavy (non-hydrogen) atoms. The van der Waals surface area contributed by atoms with E-state index in [1.165, 1.54) is 19.1 Å². The fraction of sp³-hybridized carbons (Fsp3) is 0.200. The molecule has 1 aromatic heterocycles. The van der Waals surface area contributed by atoms with E-state index in [1.54, 1.807) is 23.0 Å². The predicted octanol–water partition coefficient (Wildman–Crippen LogP) is 2.59. The van der Waals surface area contributed by atoms with Gasteiger partial charge in [0, 0.05) is 12.4 Å². The summed E-state index contributed by atoms with van der Waals surface area (Å²) in [6, 6.07) is 14.6. The molecule has 8 heteroatoms. The van der Waals surface area contributed by atoms with Gasteiger partial charge >= 0.3 is 5.97 Å². The quantitative estimate of drug-likeness (QED) is 0.617. The van der Waals surface area contributed by atoms with Crippen LogP contribution in [0.4, 0.5) is 0 Å². The van der Waals surface area contributed by atoms with Gasteiger partial charge in [0.2, 0.25) is 10.0 Å². The molecule has 1 heterocycles. The Labute approximate surface area is 164 Å². The Morgan fingerprint density at radius 2 is 1.82 bits per heavy atom. The van der Waals surface area contributed by atoms with Crippen LogP contribution in [0.15, 0.2) is 71.9 Å². The van der Waals surface area contributed by atoms with Crippen molar-refractivity contribution in [2.45, 2.75) is 31.4 Å². The molecular weight excluding hydrogens is 378 g/mol. The topological polar surface area (TPSA) is 90.3 Å². The lowest BCUT2D eigenvalue weighted by molar-refractivity contribution is -0.146. The van der Waals surface area contributed by atoms with Crippen LogP contribution in [0.3, 0.4) is 0 Å². The van der Waals surface area contributed by atoms with Crippen LogP contribution in [-0.2, 0) is 26.2 Å². The molecule has 0 amide bonds. The zero-order valence-corrected chi connectivity index (χ0v) is 16.4. The van der Waals surface area contributed by atoms with E-state index >= 15 is 0 Å². The van der Waals surface area contributed by atoms with Gasteiger partial charge in [-0.2, -0.15) is 9.82 Å². The molecule has 146 valence electrons. The van der Waals surface area contributed by atoms with Crippen LogP contribution in [0.1, 0.15) is 18.1 Å². The van der Waals surface area contributed by atoms with E-state index in [2.05, 4.69) is 9.82 Å². The molecule has 0 radical (unpaired) electrons. The molecule has 0 bridgehead atoms. The van der Waals surface area contributed by atoms with Crippen LogP contribution < -0.4 is 4.72 Å². The molecule has 2 aromatic carbocycles. The Balaban J connectivity index is 1.56. The lowest BCUT2D eigenvalue weighted by Gasteiger charge is -2.14. The summed E-state index contributed by atoms with van der Waals surface area (Å²) >= 11 is 0. The summed E-state index contributed by atoms with van der Waals surface area (Å²) in [4.78, 5) is 12.3. The standard InChI is InChI=1S/C20H21N3O4S/c1-15-4-10-19(11-5-15)28(25,26)22-16(2)20(24)27-14-17-6-8-18(9-7-17)23-13-3-12-21-23/h3-13,16,22H,14H2,1-2H3/t16-/m0/s1. The number of sulfonamides is 1. The molecule has 0 saturated heterocycles. The minimum atomic E-state index is -3.80. The number of carbonyl (C=O) groups is 1. The Bertz CT molecular complexity index is 1030. The summed E-state index contributed by atoms with van der Waals surface area (Å²) in [5, 5.41) is 4.14. The summed E-state index contributed by atoms with van der Waals surface area (Å²) in [6.45, 7) is 3.37. The number of benzene rings is 2. The van der Waals surface area contributed by atoms with Gasteiger partial charge in [0.05, 0.1) is 10.6 Å². The minimum Gasteiger partial charge on any atom is -0.460 e. The molecule has 1 N–H and O–H groups in total. The van der Waals surface area contributed by atoms with Gasteiger partial charge in [0.25, 0.3) is 0 Å². The normalized spacial score (nSPS) is 12.5. The second kappa shape index (κ2) is 8.37. The van der Waals surface area contributed by atoms with E-state index in [0.717, 1.165) is 16.8 Å². The average molecular weight is 399 g/mol. The third-order valence-corrected chi connectivity index (χ3v) is 5.66. The van der Waals surface area contributed by atoms with Crippen LogP contribution in [0.2, 0.25) is 0 Å². The first-order chi connectivity index (χ1) is 13.3. The maximum Gasteiger partial charge on any atom is 0.324 e. The van der Waals surface area contributed by atoms with E-state index in [4.69, 9.17) is 4.74 Å². The number of carbonyl (C=O) groups excluding carboxylic acids is 1. The average Bonchev–Trinajstić information content (AvgIpc) is 3.21. The van der Waals surface area contributed by atoms with Gasteiger partial charge < -0.3 is 4.74 Å². The van der Waals surface area contributed by atoms with Crippen molar-refractivity contribution in [2.75, 3.05) is 0 Å². The first-order valence-electron chi connectivity index (χ1n) is 8.70. The molecule has 0 fully saturated rings. The lowest BCUT2D eigenvalue weighted by atomic mass is 10.2. The number of hydrogen-bond donors (Lipinski definition) is 1. The largest absolute Gasteiger partial charge is 0.460 e. The third-order valence-electron chi connectivity index (χ3n) is 4.10. The Hall–Kier alpha value is -2.97. The highest BCUT2D eigenvalue weighted by Crippen LogP contribution is 2.12. The first kappa shape index (κ1) is 19.8. The minimum absolute atomic E-state index is 0.0504. The smallest absolute Gasteiger partial charge is 0.324 e. The molecule has 0 spiro atoms. The van der Waals surface area contributed by atoms with E-state index in [0.29, 0.717) is 0 Å². The molecule has 7 nitrogen and oxygen atoms in total. The fourth-order valence-electron chi connectivity index (χ4n) is 2.51. The molecule has 0 saturated carbocycles. The molecule has 0 unspecified atom stereocenters. The van der Waals surface area contributed by atoms with E-state index in [1.807, 2.05) is 43.5 Å². The second-order valence-electron chi connectivity index (χ2n) is 6.38. The van der Waals surface area contributed by atoms with Gasteiger partial charge in [-0.05, 0) is 49.7 Å². The Kier molecular flexibility index (Phi) is 5.91.